The van der Waals surface area contributed by atoms with Crippen LogP contribution in [-0.4, -0.2) is 26.9 Å². The largest absolute Gasteiger partial charge is 0.365 e. The number of pyridine rings is 1. The number of hydrogen-bond donors (Lipinski definition) is 2. The normalized spacial score (nSPS) is 11.7. The van der Waals surface area contributed by atoms with E-state index in [1.54, 1.807) is 18.6 Å². The van der Waals surface area contributed by atoms with Gasteiger partial charge in [0.1, 0.15) is 11.5 Å². The number of nitrogens with one attached hydrogen (secondary N) is 2. The van der Waals surface area contributed by atoms with Crippen LogP contribution in [0.2, 0.25) is 0 Å². The number of anilines is 1. The fourth-order valence-electron chi connectivity index (χ4n) is 1.63. The number of carbonyl (C=O) groups is 1. The first kappa shape index (κ1) is 14.9. The molecule has 2 heterocycles. The predicted molar refractivity (Wildman–Crippen MR) is 80.8 cm³/mol. The fourth-order valence-corrected chi connectivity index (χ4v) is 1.63. The predicted octanol–water partition coefficient (Wildman–Crippen LogP) is 2.01. The van der Waals surface area contributed by atoms with E-state index in [4.69, 9.17) is 0 Å². The summed E-state index contributed by atoms with van der Waals surface area (Å²) >= 11 is 0. The summed E-state index contributed by atoms with van der Waals surface area (Å²) in [6.45, 7) is 4.58. The van der Waals surface area contributed by atoms with Crippen LogP contribution in [0.4, 0.5) is 5.82 Å². The Hall–Kier alpha value is -2.50. The van der Waals surface area contributed by atoms with E-state index >= 15 is 0 Å². The third-order valence-corrected chi connectivity index (χ3v) is 3.07. The first-order valence-electron chi connectivity index (χ1n) is 6.94. The molecular weight excluding hydrogens is 266 g/mol. The van der Waals surface area contributed by atoms with Crippen molar-refractivity contribution in [3.63, 3.8) is 0 Å². The van der Waals surface area contributed by atoms with Gasteiger partial charge in [0.15, 0.2) is 0 Å². The summed E-state index contributed by atoms with van der Waals surface area (Å²) < 4.78 is 0. The van der Waals surface area contributed by atoms with E-state index in [1.807, 2.05) is 26.0 Å². The van der Waals surface area contributed by atoms with Crippen LogP contribution in [0.5, 0.6) is 0 Å². The monoisotopic (exact) mass is 285 g/mol. The molecule has 0 spiro atoms. The lowest BCUT2D eigenvalue weighted by atomic mass is 10.2. The first-order chi connectivity index (χ1) is 10.2. The second kappa shape index (κ2) is 7.33. The molecule has 6 heteroatoms. The van der Waals surface area contributed by atoms with E-state index in [9.17, 15) is 4.79 Å². The molecule has 2 N–H and O–H groups in total. The second-order valence-corrected chi connectivity index (χ2v) is 4.78. The average molecular weight is 285 g/mol. The zero-order valence-corrected chi connectivity index (χ0v) is 12.2. The third-order valence-electron chi connectivity index (χ3n) is 3.07. The summed E-state index contributed by atoms with van der Waals surface area (Å²) in [5, 5.41) is 5.99. The standard InChI is InChI=1S/C15H19N5O/c1-3-11(2)20-15(21)13-9-19-14(10-17-13)18-8-12-5-4-6-16-7-12/h4-7,9-11H,3,8H2,1-2H3,(H,18,19)(H,20,21). The Kier molecular flexibility index (Phi) is 5.20. The molecule has 2 aromatic rings. The third kappa shape index (κ3) is 4.52. The Morgan fingerprint density at radius 1 is 1.29 bits per heavy atom. The van der Waals surface area contributed by atoms with Gasteiger partial charge in [-0.15, -0.1) is 0 Å². The molecule has 0 fully saturated rings. The highest BCUT2D eigenvalue weighted by Gasteiger charge is 2.10. The van der Waals surface area contributed by atoms with Gasteiger partial charge in [-0.25, -0.2) is 9.97 Å². The molecule has 0 aliphatic heterocycles. The Balaban J connectivity index is 1.91. The van der Waals surface area contributed by atoms with Crippen LogP contribution in [0.3, 0.4) is 0 Å². The van der Waals surface area contributed by atoms with E-state index in [0.29, 0.717) is 18.1 Å². The maximum atomic E-state index is 11.9. The van der Waals surface area contributed by atoms with Gasteiger partial charge in [-0.05, 0) is 25.0 Å². The highest BCUT2D eigenvalue weighted by atomic mass is 16.1. The van der Waals surface area contributed by atoms with Crippen molar-refractivity contribution in [3.8, 4) is 0 Å². The molecule has 0 radical (unpaired) electrons. The molecule has 0 saturated carbocycles. The van der Waals surface area contributed by atoms with Gasteiger partial charge in [0.25, 0.3) is 5.91 Å². The van der Waals surface area contributed by atoms with Crippen LogP contribution in [0, 0.1) is 0 Å². The average Bonchev–Trinajstić information content (AvgIpc) is 2.54. The Morgan fingerprint density at radius 2 is 2.14 bits per heavy atom. The molecular formula is C15H19N5O. The van der Waals surface area contributed by atoms with Crippen molar-refractivity contribution in [2.24, 2.45) is 0 Å². The summed E-state index contributed by atoms with van der Waals surface area (Å²) in [4.78, 5) is 24.2. The molecule has 2 aromatic heterocycles. The molecule has 1 unspecified atom stereocenters. The lowest BCUT2D eigenvalue weighted by Gasteiger charge is -2.11. The van der Waals surface area contributed by atoms with Gasteiger partial charge in [-0.2, -0.15) is 0 Å². The maximum Gasteiger partial charge on any atom is 0.271 e. The lowest BCUT2D eigenvalue weighted by molar-refractivity contribution is 0.0934. The minimum absolute atomic E-state index is 0.127. The van der Waals surface area contributed by atoms with Gasteiger partial charge in [0.2, 0.25) is 0 Å². The fraction of sp³-hybridized carbons (Fsp3) is 0.333. The van der Waals surface area contributed by atoms with Gasteiger partial charge < -0.3 is 10.6 Å². The SMILES string of the molecule is CCC(C)NC(=O)c1cnc(NCc2cccnc2)cn1. The van der Waals surface area contributed by atoms with Crippen LogP contribution < -0.4 is 10.6 Å². The van der Waals surface area contributed by atoms with Crippen molar-refractivity contribution in [2.45, 2.75) is 32.9 Å². The second-order valence-electron chi connectivity index (χ2n) is 4.78. The molecule has 0 saturated heterocycles. The summed E-state index contributed by atoms with van der Waals surface area (Å²) in [6.07, 6.45) is 7.43. The number of hydrogen-bond acceptors (Lipinski definition) is 5. The van der Waals surface area contributed by atoms with E-state index in [2.05, 4.69) is 25.6 Å². The number of amides is 1. The van der Waals surface area contributed by atoms with E-state index in [-0.39, 0.29) is 11.9 Å². The highest BCUT2D eigenvalue weighted by molar-refractivity contribution is 5.92. The molecule has 0 aliphatic rings. The van der Waals surface area contributed by atoms with Crippen LogP contribution in [-0.2, 0) is 6.54 Å². The Morgan fingerprint density at radius 3 is 2.76 bits per heavy atom. The molecule has 21 heavy (non-hydrogen) atoms. The highest BCUT2D eigenvalue weighted by Crippen LogP contribution is 2.05. The van der Waals surface area contributed by atoms with Crippen molar-refractivity contribution >= 4 is 11.7 Å². The Bertz CT molecular complexity index is 570. The van der Waals surface area contributed by atoms with Crippen molar-refractivity contribution in [1.82, 2.24) is 20.3 Å². The van der Waals surface area contributed by atoms with Crippen LogP contribution in [0.25, 0.3) is 0 Å². The number of nitrogens with zero attached hydrogens (tertiary/aromatic N) is 3. The smallest absolute Gasteiger partial charge is 0.271 e. The molecule has 2 rings (SSSR count). The summed E-state index contributed by atoms with van der Waals surface area (Å²) in [7, 11) is 0. The van der Waals surface area contributed by atoms with E-state index < -0.39 is 0 Å². The van der Waals surface area contributed by atoms with Gasteiger partial charge in [0.05, 0.1) is 12.4 Å². The zero-order valence-electron chi connectivity index (χ0n) is 12.2. The molecule has 0 aromatic carbocycles. The minimum atomic E-state index is -0.198. The Labute approximate surface area is 124 Å². The van der Waals surface area contributed by atoms with Gasteiger partial charge >= 0.3 is 0 Å². The minimum Gasteiger partial charge on any atom is -0.365 e. The van der Waals surface area contributed by atoms with Crippen molar-refractivity contribution in [2.75, 3.05) is 5.32 Å². The van der Waals surface area contributed by atoms with E-state index in [1.165, 1.54) is 6.20 Å². The molecule has 0 bridgehead atoms. The lowest BCUT2D eigenvalue weighted by Crippen LogP contribution is -2.32. The van der Waals surface area contributed by atoms with Gasteiger partial charge in [0, 0.05) is 25.0 Å². The quantitative estimate of drug-likeness (QED) is 0.848. The number of aromatic nitrogens is 3. The molecule has 1 atom stereocenters. The van der Waals surface area contributed by atoms with Crippen LogP contribution >= 0.6 is 0 Å². The zero-order chi connectivity index (χ0) is 15.1. The van der Waals surface area contributed by atoms with Crippen molar-refractivity contribution in [1.29, 1.82) is 0 Å². The van der Waals surface area contributed by atoms with Gasteiger partial charge in [-0.3, -0.25) is 9.78 Å². The summed E-state index contributed by atoms with van der Waals surface area (Å²) in [6, 6.07) is 3.98. The topological polar surface area (TPSA) is 79.8 Å². The van der Waals surface area contributed by atoms with Crippen molar-refractivity contribution < 1.29 is 4.79 Å². The number of carbonyl (C=O) groups excluding carboxylic acids is 1. The summed E-state index contributed by atoms with van der Waals surface area (Å²) in [5.41, 5.74) is 1.38. The molecule has 110 valence electrons. The van der Waals surface area contributed by atoms with Crippen molar-refractivity contribution in [3.05, 3.63) is 48.2 Å². The van der Waals surface area contributed by atoms with Gasteiger partial charge in [-0.1, -0.05) is 13.0 Å². The molecule has 6 nitrogen and oxygen atoms in total. The molecule has 1 amide bonds. The molecule has 0 aliphatic carbocycles. The number of rotatable bonds is 6. The maximum absolute atomic E-state index is 11.9. The summed E-state index contributed by atoms with van der Waals surface area (Å²) in [5.74, 6) is 0.426. The van der Waals surface area contributed by atoms with Crippen LogP contribution in [0.15, 0.2) is 36.9 Å². The first-order valence-corrected chi connectivity index (χ1v) is 6.94. The van der Waals surface area contributed by atoms with Crippen LogP contribution in [0.1, 0.15) is 36.3 Å². The van der Waals surface area contributed by atoms with E-state index in [0.717, 1.165) is 12.0 Å².